The molecule has 0 radical (unpaired) electrons. The average molecular weight is 289 g/mol. The van der Waals surface area contributed by atoms with Gasteiger partial charge in [0.05, 0.1) is 11.8 Å². The number of hydrogen-bond acceptors (Lipinski definition) is 2. The lowest BCUT2D eigenvalue weighted by Crippen LogP contribution is -2.51. The van der Waals surface area contributed by atoms with Crippen LogP contribution in [0.1, 0.15) is 35.1 Å². The van der Waals surface area contributed by atoms with Crippen LogP contribution in [0.5, 0.6) is 0 Å². The molecule has 0 spiro atoms. The summed E-state index contributed by atoms with van der Waals surface area (Å²) in [7, 11) is 0. The Balaban J connectivity index is 1.94. The Labute approximate surface area is 128 Å². The fraction of sp³-hybridized carbons (Fsp3) is 0.263. The number of rotatable bonds is 0. The molecule has 2 aromatic carbocycles. The quantitative estimate of drug-likeness (QED) is 0.757. The van der Waals surface area contributed by atoms with Crippen LogP contribution >= 0.6 is 0 Å². The highest BCUT2D eigenvalue weighted by Crippen LogP contribution is 2.62. The molecule has 1 saturated heterocycles. The van der Waals surface area contributed by atoms with Crippen molar-refractivity contribution in [3.63, 3.8) is 0 Å². The summed E-state index contributed by atoms with van der Waals surface area (Å²) < 4.78 is 0. The van der Waals surface area contributed by atoms with E-state index in [9.17, 15) is 9.59 Å². The number of carbonyl (C=O) groups excluding carboxylic acids is 2. The Morgan fingerprint density at radius 2 is 1.41 bits per heavy atom. The van der Waals surface area contributed by atoms with Crippen LogP contribution in [0.25, 0.3) is 0 Å². The molecule has 108 valence electrons. The van der Waals surface area contributed by atoms with Gasteiger partial charge in [-0.3, -0.25) is 14.9 Å². The third-order valence-electron chi connectivity index (χ3n) is 5.88. The number of carbonyl (C=O) groups is 2. The Kier molecular flexibility index (Phi) is 2.03. The van der Waals surface area contributed by atoms with Gasteiger partial charge in [-0.15, -0.1) is 0 Å². The van der Waals surface area contributed by atoms with E-state index in [1.54, 1.807) is 0 Å². The molecule has 3 aliphatic carbocycles. The first-order valence-corrected chi connectivity index (χ1v) is 7.67. The molecule has 6 rings (SSSR count). The Morgan fingerprint density at radius 3 is 2.00 bits per heavy atom. The zero-order chi connectivity index (χ0) is 15.1. The van der Waals surface area contributed by atoms with Crippen molar-refractivity contribution < 1.29 is 9.59 Å². The van der Waals surface area contributed by atoms with Gasteiger partial charge in [0.2, 0.25) is 11.8 Å². The summed E-state index contributed by atoms with van der Waals surface area (Å²) in [5, 5.41) is 2.58. The van der Waals surface area contributed by atoms with Gasteiger partial charge in [0.15, 0.2) is 0 Å². The van der Waals surface area contributed by atoms with E-state index in [2.05, 4.69) is 36.5 Å². The lowest BCUT2D eigenvalue weighted by atomic mass is 9.48. The van der Waals surface area contributed by atoms with E-state index in [1.165, 1.54) is 22.3 Å². The Morgan fingerprint density at radius 1 is 0.864 bits per heavy atom. The summed E-state index contributed by atoms with van der Waals surface area (Å²) in [5.74, 6) is -0.815. The molecule has 1 fully saturated rings. The minimum absolute atomic E-state index is 0.00863. The summed E-state index contributed by atoms with van der Waals surface area (Å²) in [4.78, 5) is 24.9. The molecule has 4 aliphatic rings. The molecule has 2 bridgehead atoms. The number of hydrogen-bond donors (Lipinski definition) is 1. The average Bonchev–Trinajstić information content (AvgIpc) is 2.84. The molecule has 0 saturated carbocycles. The van der Waals surface area contributed by atoms with E-state index in [-0.39, 0.29) is 29.6 Å². The molecule has 2 aromatic rings. The molecule has 1 aliphatic heterocycles. The largest absolute Gasteiger partial charge is 0.296 e. The van der Waals surface area contributed by atoms with E-state index in [0.29, 0.717) is 0 Å². The molecule has 3 heteroatoms. The monoisotopic (exact) mass is 289 g/mol. The Bertz CT molecular complexity index is 807. The van der Waals surface area contributed by atoms with Gasteiger partial charge in [-0.2, -0.15) is 0 Å². The zero-order valence-electron chi connectivity index (χ0n) is 12.2. The van der Waals surface area contributed by atoms with E-state index in [0.717, 1.165) is 0 Å². The predicted molar refractivity (Wildman–Crippen MR) is 81.3 cm³/mol. The molecule has 22 heavy (non-hydrogen) atoms. The first kappa shape index (κ1) is 12.2. The summed E-state index contributed by atoms with van der Waals surface area (Å²) in [6, 6.07) is 16.6. The van der Waals surface area contributed by atoms with Gasteiger partial charge >= 0.3 is 0 Å². The second kappa shape index (κ2) is 3.67. The SMILES string of the molecule is CC12c3ccccc3C(c3ccccc31)[C@@H]1C(=O)NC(=O)[C@@H]12. The van der Waals surface area contributed by atoms with E-state index >= 15 is 0 Å². The first-order valence-electron chi connectivity index (χ1n) is 7.67. The second-order valence-corrected chi connectivity index (χ2v) is 6.71. The lowest BCUT2D eigenvalue weighted by molar-refractivity contribution is -0.126. The third-order valence-corrected chi connectivity index (χ3v) is 5.88. The van der Waals surface area contributed by atoms with E-state index < -0.39 is 5.41 Å². The number of nitrogens with one attached hydrogen (secondary N) is 1. The van der Waals surface area contributed by atoms with Crippen molar-refractivity contribution in [2.24, 2.45) is 11.8 Å². The highest BCUT2D eigenvalue weighted by Gasteiger charge is 2.64. The molecule has 2 atom stereocenters. The molecular weight excluding hydrogens is 274 g/mol. The summed E-state index contributed by atoms with van der Waals surface area (Å²) >= 11 is 0. The molecule has 2 amide bonds. The van der Waals surface area contributed by atoms with Crippen LogP contribution in [0.4, 0.5) is 0 Å². The van der Waals surface area contributed by atoms with Crippen LogP contribution in [0.2, 0.25) is 0 Å². The highest BCUT2D eigenvalue weighted by molar-refractivity contribution is 6.08. The van der Waals surface area contributed by atoms with E-state index in [4.69, 9.17) is 0 Å². The van der Waals surface area contributed by atoms with Crippen LogP contribution in [-0.2, 0) is 15.0 Å². The Hall–Kier alpha value is -2.42. The van der Waals surface area contributed by atoms with Crippen LogP contribution < -0.4 is 5.32 Å². The minimum atomic E-state index is -0.428. The maximum absolute atomic E-state index is 12.5. The maximum Gasteiger partial charge on any atom is 0.231 e. The van der Waals surface area contributed by atoms with Gasteiger partial charge < -0.3 is 0 Å². The smallest absolute Gasteiger partial charge is 0.231 e. The standard InChI is InChI=1S/C19H15NO2/c1-19-12-8-4-2-6-10(12)14(11-7-3-5-9-13(11)19)15-16(19)18(22)20-17(15)21/h2-9,14-16H,1H3,(H,20,21,22)/t14?,15-,16+,19?/m0/s1. The van der Waals surface area contributed by atoms with Crippen LogP contribution in [0.3, 0.4) is 0 Å². The summed E-state index contributed by atoms with van der Waals surface area (Å²) in [6.45, 7) is 2.12. The van der Waals surface area contributed by atoms with Gasteiger partial charge in [-0.25, -0.2) is 0 Å². The lowest BCUT2D eigenvalue weighted by Gasteiger charge is -2.52. The summed E-state index contributed by atoms with van der Waals surface area (Å²) in [5.41, 5.74) is 4.38. The van der Waals surface area contributed by atoms with Crippen molar-refractivity contribution in [1.29, 1.82) is 0 Å². The van der Waals surface area contributed by atoms with Gasteiger partial charge in [0, 0.05) is 11.3 Å². The van der Waals surface area contributed by atoms with Gasteiger partial charge in [-0.1, -0.05) is 55.5 Å². The second-order valence-electron chi connectivity index (χ2n) is 6.71. The van der Waals surface area contributed by atoms with Gasteiger partial charge in [-0.05, 0) is 22.3 Å². The van der Waals surface area contributed by atoms with Crippen LogP contribution in [0.15, 0.2) is 48.5 Å². The maximum atomic E-state index is 12.5. The van der Waals surface area contributed by atoms with Gasteiger partial charge in [0.1, 0.15) is 0 Å². The first-order chi connectivity index (χ1) is 10.6. The molecule has 1 N–H and O–H groups in total. The summed E-state index contributed by atoms with van der Waals surface area (Å²) in [6.07, 6.45) is 0. The normalized spacial score (nSPS) is 34.0. The topological polar surface area (TPSA) is 46.2 Å². The predicted octanol–water partition coefficient (Wildman–Crippen LogP) is 2.34. The van der Waals surface area contributed by atoms with Crippen molar-refractivity contribution in [1.82, 2.24) is 5.32 Å². The molecular formula is C19H15NO2. The van der Waals surface area contributed by atoms with Crippen molar-refractivity contribution in [3.8, 4) is 0 Å². The van der Waals surface area contributed by atoms with Crippen molar-refractivity contribution in [2.75, 3.05) is 0 Å². The fourth-order valence-electron chi connectivity index (χ4n) is 5.08. The van der Waals surface area contributed by atoms with Crippen LogP contribution in [0, 0.1) is 11.8 Å². The van der Waals surface area contributed by atoms with Crippen molar-refractivity contribution >= 4 is 11.8 Å². The number of imide groups is 1. The van der Waals surface area contributed by atoms with Crippen molar-refractivity contribution in [3.05, 3.63) is 70.8 Å². The van der Waals surface area contributed by atoms with Crippen LogP contribution in [-0.4, -0.2) is 11.8 Å². The molecule has 1 heterocycles. The van der Waals surface area contributed by atoms with Gasteiger partial charge in [0.25, 0.3) is 0 Å². The fourth-order valence-corrected chi connectivity index (χ4v) is 5.08. The number of amides is 2. The molecule has 0 aromatic heterocycles. The van der Waals surface area contributed by atoms with E-state index in [1.807, 2.05) is 24.3 Å². The highest BCUT2D eigenvalue weighted by atomic mass is 16.2. The molecule has 3 nitrogen and oxygen atoms in total. The third kappa shape index (κ3) is 1.12. The molecule has 0 unspecified atom stereocenters. The zero-order valence-corrected chi connectivity index (χ0v) is 12.2. The number of benzene rings is 2. The van der Waals surface area contributed by atoms with Crippen molar-refractivity contribution in [2.45, 2.75) is 18.3 Å². The minimum Gasteiger partial charge on any atom is -0.296 e.